The van der Waals surface area contributed by atoms with Gasteiger partial charge in [-0.1, -0.05) is 20.8 Å². The summed E-state index contributed by atoms with van der Waals surface area (Å²) in [4.78, 5) is 12.5. The first kappa shape index (κ1) is 15.4. The van der Waals surface area contributed by atoms with Crippen molar-refractivity contribution in [3.8, 4) is 0 Å². The molecule has 1 aromatic heterocycles. The predicted octanol–water partition coefficient (Wildman–Crippen LogP) is 4.71. The van der Waals surface area contributed by atoms with Crippen LogP contribution < -0.4 is 5.32 Å². The fourth-order valence-electron chi connectivity index (χ4n) is 1.85. The Morgan fingerprint density at radius 2 is 2.00 bits per heavy atom. The van der Waals surface area contributed by atoms with Gasteiger partial charge in [-0.05, 0) is 23.6 Å². The van der Waals surface area contributed by atoms with Gasteiger partial charge in [0.2, 0.25) is 0 Å². The standard InChI is InChI=1S/C15H17FN2O2S/c1-15(2,3)14-5-4-13(21-14)9-17-11-6-10(16)7-12(8-11)18(19)20/h4-8,17H,9H2,1-3H3. The number of nitro benzene ring substituents is 1. The van der Waals surface area contributed by atoms with E-state index < -0.39 is 10.7 Å². The van der Waals surface area contributed by atoms with Crippen LogP contribution in [0.4, 0.5) is 15.8 Å². The number of thiophene rings is 1. The summed E-state index contributed by atoms with van der Waals surface area (Å²) in [7, 11) is 0. The summed E-state index contributed by atoms with van der Waals surface area (Å²) in [5.74, 6) is -0.617. The molecule has 2 rings (SSSR count). The molecule has 112 valence electrons. The molecule has 0 aliphatic heterocycles. The molecular weight excluding hydrogens is 291 g/mol. The molecule has 0 unspecified atom stereocenters. The molecule has 0 atom stereocenters. The number of rotatable bonds is 4. The van der Waals surface area contributed by atoms with Crippen LogP contribution in [0.25, 0.3) is 0 Å². The van der Waals surface area contributed by atoms with Crippen LogP contribution in [0, 0.1) is 15.9 Å². The summed E-state index contributed by atoms with van der Waals surface area (Å²) in [5.41, 5.74) is 0.257. The summed E-state index contributed by atoms with van der Waals surface area (Å²) in [5, 5.41) is 13.7. The van der Waals surface area contributed by atoms with E-state index in [1.165, 1.54) is 17.0 Å². The van der Waals surface area contributed by atoms with Gasteiger partial charge < -0.3 is 5.32 Å². The molecule has 21 heavy (non-hydrogen) atoms. The fraction of sp³-hybridized carbons (Fsp3) is 0.333. The molecule has 0 aliphatic carbocycles. The van der Waals surface area contributed by atoms with Gasteiger partial charge in [-0.2, -0.15) is 0 Å². The summed E-state index contributed by atoms with van der Waals surface area (Å²) < 4.78 is 13.3. The van der Waals surface area contributed by atoms with E-state index in [-0.39, 0.29) is 11.1 Å². The van der Waals surface area contributed by atoms with E-state index in [9.17, 15) is 14.5 Å². The molecule has 1 heterocycles. The van der Waals surface area contributed by atoms with Crippen LogP contribution in [-0.4, -0.2) is 4.92 Å². The van der Waals surface area contributed by atoms with Crippen molar-refractivity contribution in [2.75, 3.05) is 5.32 Å². The molecule has 0 saturated carbocycles. The first-order valence-electron chi connectivity index (χ1n) is 6.54. The third-order valence-electron chi connectivity index (χ3n) is 2.96. The Hall–Kier alpha value is -1.95. The highest BCUT2D eigenvalue weighted by molar-refractivity contribution is 7.12. The maximum atomic E-state index is 13.3. The zero-order valence-corrected chi connectivity index (χ0v) is 13.0. The van der Waals surface area contributed by atoms with Crippen LogP contribution >= 0.6 is 11.3 Å². The second kappa shape index (κ2) is 5.81. The van der Waals surface area contributed by atoms with Crippen LogP contribution in [0.2, 0.25) is 0 Å². The van der Waals surface area contributed by atoms with Gasteiger partial charge in [-0.3, -0.25) is 10.1 Å². The van der Waals surface area contributed by atoms with E-state index in [1.807, 2.05) is 6.07 Å². The summed E-state index contributed by atoms with van der Waals surface area (Å²) in [6, 6.07) is 7.60. The molecule has 2 aromatic rings. The second-order valence-corrected chi connectivity index (χ2v) is 6.99. The van der Waals surface area contributed by atoms with Crippen LogP contribution in [0.3, 0.4) is 0 Å². The fourth-order valence-corrected chi connectivity index (χ4v) is 2.85. The molecule has 0 saturated heterocycles. The van der Waals surface area contributed by atoms with Crippen molar-refractivity contribution in [3.63, 3.8) is 0 Å². The molecule has 0 spiro atoms. The molecule has 0 radical (unpaired) electrons. The summed E-state index contributed by atoms with van der Waals surface area (Å²) in [6.45, 7) is 6.95. The van der Waals surface area contributed by atoms with Gasteiger partial charge in [0.15, 0.2) is 0 Å². The number of hydrogen-bond acceptors (Lipinski definition) is 4. The lowest BCUT2D eigenvalue weighted by molar-refractivity contribution is -0.385. The van der Waals surface area contributed by atoms with E-state index in [1.54, 1.807) is 11.3 Å². The highest BCUT2D eigenvalue weighted by Crippen LogP contribution is 2.30. The van der Waals surface area contributed by atoms with Gasteiger partial charge in [0.1, 0.15) is 5.82 Å². The number of nitrogens with zero attached hydrogens (tertiary/aromatic N) is 1. The van der Waals surface area contributed by atoms with Crippen molar-refractivity contribution in [1.29, 1.82) is 0 Å². The minimum atomic E-state index is -0.617. The molecule has 1 N–H and O–H groups in total. The zero-order chi connectivity index (χ0) is 15.6. The number of nitrogens with one attached hydrogen (secondary N) is 1. The Labute approximate surface area is 126 Å². The highest BCUT2D eigenvalue weighted by Gasteiger charge is 2.16. The summed E-state index contributed by atoms with van der Waals surface area (Å²) in [6.07, 6.45) is 0. The van der Waals surface area contributed by atoms with Crippen molar-refractivity contribution >= 4 is 22.7 Å². The van der Waals surface area contributed by atoms with Crippen LogP contribution in [-0.2, 0) is 12.0 Å². The number of nitro groups is 1. The third kappa shape index (κ3) is 4.01. The lowest BCUT2D eigenvalue weighted by Gasteiger charge is -2.15. The molecule has 0 fully saturated rings. The number of halogens is 1. The van der Waals surface area contributed by atoms with Crippen LogP contribution in [0.5, 0.6) is 0 Å². The molecule has 0 amide bonds. The Bertz CT molecular complexity index is 662. The molecule has 6 heteroatoms. The molecule has 4 nitrogen and oxygen atoms in total. The summed E-state index contributed by atoms with van der Waals surface area (Å²) >= 11 is 1.68. The zero-order valence-electron chi connectivity index (χ0n) is 12.1. The average molecular weight is 308 g/mol. The Kier molecular flexibility index (Phi) is 4.27. The topological polar surface area (TPSA) is 55.2 Å². The minimum absolute atomic E-state index is 0.0978. The monoisotopic (exact) mass is 308 g/mol. The van der Waals surface area contributed by atoms with Crippen LogP contribution in [0.15, 0.2) is 30.3 Å². The second-order valence-electron chi connectivity index (χ2n) is 5.82. The quantitative estimate of drug-likeness (QED) is 0.657. The number of anilines is 1. The van der Waals surface area contributed by atoms with Crippen LogP contribution in [0.1, 0.15) is 30.5 Å². The lowest BCUT2D eigenvalue weighted by atomic mass is 9.95. The predicted molar refractivity (Wildman–Crippen MR) is 83.4 cm³/mol. The van der Waals surface area contributed by atoms with Crippen molar-refractivity contribution in [2.24, 2.45) is 0 Å². The maximum Gasteiger partial charge on any atom is 0.274 e. The van der Waals surface area contributed by atoms with Gasteiger partial charge >= 0.3 is 0 Å². The smallest absolute Gasteiger partial charge is 0.274 e. The SMILES string of the molecule is CC(C)(C)c1ccc(CNc2cc(F)cc([N+](=O)[O-])c2)s1. The van der Waals surface area contributed by atoms with E-state index in [2.05, 4.69) is 32.2 Å². The number of benzene rings is 1. The van der Waals surface area contributed by atoms with E-state index in [0.717, 1.165) is 10.9 Å². The Balaban J connectivity index is 2.10. The Morgan fingerprint density at radius 1 is 1.29 bits per heavy atom. The Morgan fingerprint density at radius 3 is 2.57 bits per heavy atom. The third-order valence-corrected chi connectivity index (χ3v) is 4.47. The van der Waals surface area contributed by atoms with Gasteiger partial charge in [-0.25, -0.2) is 4.39 Å². The molecule has 0 bridgehead atoms. The molecule has 0 aliphatic rings. The van der Waals surface area contributed by atoms with Gasteiger partial charge in [-0.15, -0.1) is 11.3 Å². The normalized spacial score (nSPS) is 11.4. The van der Waals surface area contributed by atoms with E-state index in [0.29, 0.717) is 12.2 Å². The van der Waals surface area contributed by atoms with Crippen molar-refractivity contribution in [2.45, 2.75) is 32.7 Å². The minimum Gasteiger partial charge on any atom is -0.380 e. The number of non-ortho nitro benzene ring substituents is 1. The van der Waals surface area contributed by atoms with Crippen molar-refractivity contribution in [1.82, 2.24) is 0 Å². The molecule has 1 aromatic carbocycles. The highest BCUT2D eigenvalue weighted by atomic mass is 32.1. The average Bonchev–Trinajstić information content (AvgIpc) is 2.84. The largest absolute Gasteiger partial charge is 0.380 e. The maximum absolute atomic E-state index is 13.3. The number of hydrogen-bond donors (Lipinski definition) is 1. The lowest BCUT2D eigenvalue weighted by Crippen LogP contribution is -2.07. The first-order valence-corrected chi connectivity index (χ1v) is 7.35. The van der Waals surface area contributed by atoms with Crippen molar-refractivity contribution < 1.29 is 9.31 Å². The van der Waals surface area contributed by atoms with E-state index >= 15 is 0 Å². The van der Waals surface area contributed by atoms with E-state index in [4.69, 9.17) is 0 Å². The molecular formula is C15H17FN2O2S. The van der Waals surface area contributed by atoms with Gasteiger partial charge in [0, 0.05) is 28.1 Å². The van der Waals surface area contributed by atoms with Gasteiger partial charge in [0.05, 0.1) is 11.0 Å². The van der Waals surface area contributed by atoms with Crippen molar-refractivity contribution in [3.05, 3.63) is 56.0 Å². The first-order chi connectivity index (χ1) is 9.75. The van der Waals surface area contributed by atoms with Gasteiger partial charge in [0.25, 0.3) is 5.69 Å².